The van der Waals surface area contributed by atoms with Crippen LogP contribution in [0.15, 0.2) is 53.4 Å². The Hall–Kier alpha value is -2.18. The molecule has 6 heteroatoms. The van der Waals surface area contributed by atoms with E-state index < -0.39 is 10.0 Å². The maximum Gasteiger partial charge on any atom is 0.255 e. The van der Waals surface area contributed by atoms with Crippen molar-refractivity contribution in [3.8, 4) is 0 Å². The monoisotopic (exact) mass is 318 g/mol. The third-order valence-corrected chi connectivity index (χ3v) is 4.59. The fourth-order valence-electron chi connectivity index (χ4n) is 1.92. The van der Waals surface area contributed by atoms with Crippen LogP contribution in [0.5, 0.6) is 0 Å². The van der Waals surface area contributed by atoms with E-state index in [-0.39, 0.29) is 10.8 Å². The summed E-state index contributed by atoms with van der Waals surface area (Å²) in [5, 5.41) is 2.74. The molecular weight excluding hydrogens is 300 g/mol. The van der Waals surface area contributed by atoms with Gasteiger partial charge in [-0.25, -0.2) is 13.1 Å². The minimum Gasteiger partial charge on any atom is -0.322 e. The van der Waals surface area contributed by atoms with Crippen molar-refractivity contribution in [1.82, 2.24) is 4.72 Å². The standard InChI is InChI=1S/C16H18N2O3S/c1-3-17-22(20,21)15-6-4-5-13(11-15)16(19)18-14-9-7-12(2)8-10-14/h4-11,17H,3H2,1-2H3,(H,18,19). The summed E-state index contributed by atoms with van der Waals surface area (Å²) in [5.74, 6) is -0.350. The molecule has 1 amide bonds. The Balaban J connectivity index is 2.22. The molecule has 0 fully saturated rings. The first-order chi connectivity index (χ1) is 10.4. The van der Waals surface area contributed by atoms with Crippen molar-refractivity contribution in [3.05, 3.63) is 59.7 Å². The van der Waals surface area contributed by atoms with Crippen molar-refractivity contribution in [2.75, 3.05) is 11.9 Å². The first kappa shape index (κ1) is 16.2. The van der Waals surface area contributed by atoms with E-state index >= 15 is 0 Å². The number of sulfonamides is 1. The summed E-state index contributed by atoms with van der Waals surface area (Å²) in [5.41, 5.74) is 2.05. The van der Waals surface area contributed by atoms with Gasteiger partial charge in [0, 0.05) is 17.8 Å². The zero-order valence-corrected chi connectivity index (χ0v) is 13.3. The molecule has 116 valence electrons. The molecule has 0 aliphatic heterocycles. The Bertz CT molecular complexity index is 768. The first-order valence-corrected chi connectivity index (χ1v) is 8.38. The van der Waals surface area contributed by atoms with Gasteiger partial charge in [-0.2, -0.15) is 0 Å². The van der Waals surface area contributed by atoms with Crippen LogP contribution in [0.2, 0.25) is 0 Å². The van der Waals surface area contributed by atoms with Gasteiger partial charge in [0.05, 0.1) is 4.90 Å². The molecule has 5 nitrogen and oxygen atoms in total. The molecule has 0 saturated carbocycles. The lowest BCUT2D eigenvalue weighted by Gasteiger charge is -2.08. The fraction of sp³-hybridized carbons (Fsp3) is 0.188. The van der Waals surface area contributed by atoms with Gasteiger partial charge in [-0.05, 0) is 37.3 Å². The van der Waals surface area contributed by atoms with Gasteiger partial charge in [0.25, 0.3) is 5.91 Å². The summed E-state index contributed by atoms with van der Waals surface area (Å²) in [6, 6.07) is 13.3. The number of nitrogens with one attached hydrogen (secondary N) is 2. The predicted molar refractivity (Wildman–Crippen MR) is 86.4 cm³/mol. The van der Waals surface area contributed by atoms with Crippen LogP contribution in [0.3, 0.4) is 0 Å². The Kier molecular flexibility index (Phi) is 4.95. The lowest BCUT2D eigenvalue weighted by atomic mass is 10.2. The highest BCUT2D eigenvalue weighted by atomic mass is 32.2. The number of carbonyl (C=O) groups is 1. The van der Waals surface area contributed by atoms with Crippen molar-refractivity contribution in [3.63, 3.8) is 0 Å². The molecule has 0 unspecified atom stereocenters. The fourth-order valence-corrected chi connectivity index (χ4v) is 3.00. The molecule has 2 rings (SSSR count). The maximum absolute atomic E-state index is 12.2. The molecule has 0 aliphatic rings. The van der Waals surface area contributed by atoms with Gasteiger partial charge < -0.3 is 5.32 Å². The molecule has 22 heavy (non-hydrogen) atoms. The quantitative estimate of drug-likeness (QED) is 0.889. The number of hydrogen-bond donors (Lipinski definition) is 2. The van der Waals surface area contributed by atoms with Crippen molar-refractivity contribution in [1.29, 1.82) is 0 Å². The van der Waals surface area contributed by atoms with E-state index in [0.29, 0.717) is 17.8 Å². The van der Waals surface area contributed by atoms with E-state index in [1.807, 2.05) is 19.1 Å². The number of amides is 1. The summed E-state index contributed by atoms with van der Waals surface area (Å²) >= 11 is 0. The van der Waals surface area contributed by atoms with Crippen LogP contribution in [0.1, 0.15) is 22.8 Å². The van der Waals surface area contributed by atoms with E-state index in [0.717, 1.165) is 5.56 Å². The summed E-state index contributed by atoms with van der Waals surface area (Å²) in [7, 11) is -3.57. The van der Waals surface area contributed by atoms with Crippen LogP contribution in [0, 0.1) is 6.92 Å². The molecule has 0 radical (unpaired) electrons. The summed E-state index contributed by atoms with van der Waals surface area (Å²) in [6.07, 6.45) is 0. The summed E-state index contributed by atoms with van der Waals surface area (Å²) in [4.78, 5) is 12.3. The van der Waals surface area contributed by atoms with E-state index in [4.69, 9.17) is 0 Å². The smallest absolute Gasteiger partial charge is 0.255 e. The first-order valence-electron chi connectivity index (χ1n) is 6.90. The van der Waals surface area contributed by atoms with Gasteiger partial charge in [-0.1, -0.05) is 30.7 Å². The van der Waals surface area contributed by atoms with Crippen LogP contribution in [-0.4, -0.2) is 20.9 Å². The molecule has 0 aliphatic carbocycles. The number of aryl methyl sites for hydroxylation is 1. The second-order valence-electron chi connectivity index (χ2n) is 4.85. The number of anilines is 1. The van der Waals surface area contributed by atoms with E-state index in [1.54, 1.807) is 31.2 Å². The molecule has 0 bridgehead atoms. The Morgan fingerprint density at radius 1 is 1.09 bits per heavy atom. The summed E-state index contributed by atoms with van der Waals surface area (Å²) in [6.45, 7) is 3.95. The molecule has 0 spiro atoms. The minimum atomic E-state index is -3.57. The van der Waals surface area contributed by atoms with E-state index in [1.165, 1.54) is 12.1 Å². The summed E-state index contributed by atoms with van der Waals surface area (Å²) < 4.78 is 26.3. The van der Waals surface area contributed by atoms with Crippen molar-refractivity contribution in [2.24, 2.45) is 0 Å². The average molecular weight is 318 g/mol. The highest BCUT2D eigenvalue weighted by Crippen LogP contribution is 2.14. The predicted octanol–water partition coefficient (Wildman–Crippen LogP) is 2.55. The molecule has 0 saturated heterocycles. The van der Waals surface area contributed by atoms with Crippen LogP contribution < -0.4 is 10.0 Å². The van der Waals surface area contributed by atoms with Crippen LogP contribution in [0.25, 0.3) is 0 Å². The highest BCUT2D eigenvalue weighted by Gasteiger charge is 2.15. The molecule has 0 atom stereocenters. The number of benzene rings is 2. The topological polar surface area (TPSA) is 75.3 Å². The number of hydrogen-bond acceptors (Lipinski definition) is 3. The molecule has 0 heterocycles. The van der Waals surface area contributed by atoms with Crippen LogP contribution in [0.4, 0.5) is 5.69 Å². The highest BCUT2D eigenvalue weighted by molar-refractivity contribution is 7.89. The van der Waals surface area contributed by atoms with Gasteiger partial charge in [0.1, 0.15) is 0 Å². The van der Waals surface area contributed by atoms with Crippen LogP contribution in [-0.2, 0) is 10.0 Å². The van der Waals surface area contributed by atoms with Crippen LogP contribution >= 0.6 is 0 Å². The second-order valence-corrected chi connectivity index (χ2v) is 6.62. The maximum atomic E-state index is 12.2. The third-order valence-electron chi connectivity index (χ3n) is 3.05. The zero-order chi connectivity index (χ0) is 16.2. The normalized spacial score (nSPS) is 11.2. The lowest BCUT2D eigenvalue weighted by molar-refractivity contribution is 0.102. The van der Waals surface area contributed by atoms with E-state index in [2.05, 4.69) is 10.0 Å². The van der Waals surface area contributed by atoms with E-state index in [9.17, 15) is 13.2 Å². The Morgan fingerprint density at radius 2 is 1.77 bits per heavy atom. The molecule has 0 aromatic heterocycles. The molecule has 2 aromatic carbocycles. The van der Waals surface area contributed by atoms with Gasteiger partial charge in [-0.3, -0.25) is 4.79 Å². The van der Waals surface area contributed by atoms with Gasteiger partial charge in [0.2, 0.25) is 10.0 Å². The molecule has 2 aromatic rings. The Labute approximate surface area is 130 Å². The minimum absolute atomic E-state index is 0.0749. The van der Waals surface area contributed by atoms with Gasteiger partial charge in [0.15, 0.2) is 0 Å². The number of rotatable bonds is 5. The SMILES string of the molecule is CCNS(=O)(=O)c1cccc(C(=O)Nc2ccc(C)cc2)c1. The van der Waals surface area contributed by atoms with Crippen molar-refractivity contribution >= 4 is 21.6 Å². The third kappa shape index (κ3) is 3.93. The van der Waals surface area contributed by atoms with Gasteiger partial charge in [-0.15, -0.1) is 0 Å². The molecular formula is C16H18N2O3S. The average Bonchev–Trinajstić information content (AvgIpc) is 2.50. The van der Waals surface area contributed by atoms with Crippen molar-refractivity contribution in [2.45, 2.75) is 18.7 Å². The zero-order valence-electron chi connectivity index (χ0n) is 12.5. The second kappa shape index (κ2) is 6.72. The number of carbonyl (C=O) groups excluding carboxylic acids is 1. The Morgan fingerprint density at radius 3 is 2.41 bits per heavy atom. The van der Waals surface area contributed by atoms with Crippen molar-refractivity contribution < 1.29 is 13.2 Å². The largest absolute Gasteiger partial charge is 0.322 e. The lowest BCUT2D eigenvalue weighted by Crippen LogP contribution is -2.23. The van der Waals surface area contributed by atoms with Gasteiger partial charge >= 0.3 is 0 Å². The molecule has 2 N–H and O–H groups in total.